The van der Waals surface area contributed by atoms with Crippen molar-refractivity contribution < 1.29 is 4.79 Å². The first-order valence-electron chi connectivity index (χ1n) is 7.07. The van der Waals surface area contributed by atoms with Gasteiger partial charge in [0, 0.05) is 12.1 Å². The lowest BCUT2D eigenvalue weighted by molar-refractivity contribution is 0.0948. The molecule has 1 amide bonds. The Labute approximate surface area is 120 Å². The Morgan fingerprint density at radius 3 is 2.35 bits per heavy atom. The second-order valence-electron chi connectivity index (χ2n) is 5.42. The molecule has 2 heteroatoms. The molecule has 2 rings (SSSR count). The van der Waals surface area contributed by atoms with Gasteiger partial charge in [0.2, 0.25) is 0 Å². The van der Waals surface area contributed by atoms with Crippen molar-refractivity contribution in [3.8, 4) is 0 Å². The van der Waals surface area contributed by atoms with Crippen LogP contribution in [-0.4, -0.2) is 12.5 Å². The second-order valence-corrected chi connectivity index (χ2v) is 5.42. The maximum atomic E-state index is 12.2. The SMILES string of the molecule is CC(C)CNC(=O)c1ccccc1Cc1ccccc1. The predicted octanol–water partition coefficient (Wildman–Crippen LogP) is 3.66. The van der Waals surface area contributed by atoms with Gasteiger partial charge in [-0.05, 0) is 29.5 Å². The summed E-state index contributed by atoms with van der Waals surface area (Å²) in [5.41, 5.74) is 3.06. The highest BCUT2D eigenvalue weighted by Crippen LogP contribution is 2.14. The van der Waals surface area contributed by atoms with Crippen LogP contribution in [0.5, 0.6) is 0 Å². The number of carbonyl (C=O) groups is 1. The minimum Gasteiger partial charge on any atom is -0.352 e. The molecule has 20 heavy (non-hydrogen) atoms. The molecule has 0 saturated carbocycles. The summed E-state index contributed by atoms with van der Waals surface area (Å²) in [4.78, 5) is 12.2. The zero-order valence-electron chi connectivity index (χ0n) is 12.1. The Hall–Kier alpha value is -2.09. The molecular formula is C18H21NO. The van der Waals surface area contributed by atoms with E-state index in [0.29, 0.717) is 12.5 Å². The number of benzene rings is 2. The number of amides is 1. The van der Waals surface area contributed by atoms with E-state index in [1.165, 1.54) is 5.56 Å². The first kappa shape index (κ1) is 14.3. The van der Waals surface area contributed by atoms with Crippen LogP contribution in [0.25, 0.3) is 0 Å². The highest BCUT2D eigenvalue weighted by atomic mass is 16.1. The molecule has 0 heterocycles. The highest BCUT2D eigenvalue weighted by molar-refractivity contribution is 5.95. The van der Waals surface area contributed by atoms with Crippen LogP contribution in [0.15, 0.2) is 54.6 Å². The zero-order valence-corrected chi connectivity index (χ0v) is 12.1. The fraction of sp³-hybridized carbons (Fsp3) is 0.278. The summed E-state index contributed by atoms with van der Waals surface area (Å²) in [6.07, 6.45) is 0.784. The number of hydrogen-bond donors (Lipinski definition) is 1. The molecule has 0 unspecified atom stereocenters. The van der Waals surface area contributed by atoms with Crippen molar-refractivity contribution in [3.05, 3.63) is 71.3 Å². The molecule has 0 aromatic heterocycles. The first-order chi connectivity index (χ1) is 9.66. The lowest BCUT2D eigenvalue weighted by Crippen LogP contribution is -2.28. The molecule has 0 bridgehead atoms. The topological polar surface area (TPSA) is 29.1 Å². The highest BCUT2D eigenvalue weighted by Gasteiger charge is 2.11. The normalized spacial score (nSPS) is 10.6. The minimum absolute atomic E-state index is 0.0187. The van der Waals surface area contributed by atoms with E-state index < -0.39 is 0 Å². The van der Waals surface area contributed by atoms with Crippen LogP contribution in [0.4, 0.5) is 0 Å². The van der Waals surface area contributed by atoms with Crippen molar-refractivity contribution in [2.75, 3.05) is 6.54 Å². The Morgan fingerprint density at radius 1 is 1.00 bits per heavy atom. The van der Waals surface area contributed by atoms with E-state index in [2.05, 4.69) is 31.3 Å². The van der Waals surface area contributed by atoms with Gasteiger partial charge in [-0.2, -0.15) is 0 Å². The first-order valence-corrected chi connectivity index (χ1v) is 7.07. The summed E-state index contributed by atoms with van der Waals surface area (Å²) in [6, 6.07) is 18.0. The van der Waals surface area contributed by atoms with Gasteiger partial charge in [0.15, 0.2) is 0 Å². The summed E-state index contributed by atoms with van der Waals surface area (Å²) < 4.78 is 0. The molecule has 0 aliphatic heterocycles. The van der Waals surface area contributed by atoms with Gasteiger partial charge in [0.25, 0.3) is 5.91 Å². The molecule has 0 spiro atoms. The molecule has 0 saturated heterocycles. The number of nitrogens with one attached hydrogen (secondary N) is 1. The molecule has 2 aromatic carbocycles. The number of rotatable bonds is 5. The summed E-state index contributed by atoms with van der Waals surface area (Å²) in [5, 5.41) is 2.99. The van der Waals surface area contributed by atoms with Crippen molar-refractivity contribution in [2.45, 2.75) is 20.3 Å². The van der Waals surface area contributed by atoms with E-state index in [0.717, 1.165) is 17.5 Å². The standard InChI is InChI=1S/C18H21NO/c1-14(2)13-19-18(20)17-11-7-6-10-16(17)12-15-8-4-3-5-9-15/h3-11,14H,12-13H2,1-2H3,(H,19,20). The van der Waals surface area contributed by atoms with Crippen LogP contribution < -0.4 is 5.32 Å². The molecule has 0 radical (unpaired) electrons. The summed E-state index contributed by atoms with van der Waals surface area (Å²) in [7, 11) is 0. The van der Waals surface area contributed by atoms with E-state index in [1.807, 2.05) is 42.5 Å². The average Bonchev–Trinajstić information content (AvgIpc) is 2.46. The lowest BCUT2D eigenvalue weighted by Gasteiger charge is -2.11. The fourth-order valence-corrected chi connectivity index (χ4v) is 2.10. The van der Waals surface area contributed by atoms with Gasteiger partial charge >= 0.3 is 0 Å². The van der Waals surface area contributed by atoms with Gasteiger partial charge in [-0.1, -0.05) is 62.4 Å². The van der Waals surface area contributed by atoms with E-state index >= 15 is 0 Å². The van der Waals surface area contributed by atoms with Crippen molar-refractivity contribution in [1.82, 2.24) is 5.32 Å². The van der Waals surface area contributed by atoms with Gasteiger partial charge in [-0.25, -0.2) is 0 Å². The third kappa shape index (κ3) is 3.95. The van der Waals surface area contributed by atoms with Crippen molar-refractivity contribution in [2.24, 2.45) is 5.92 Å². The maximum absolute atomic E-state index is 12.2. The monoisotopic (exact) mass is 267 g/mol. The van der Waals surface area contributed by atoms with Crippen LogP contribution in [0.2, 0.25) is 0 Å². The molecule has 2 nitrogen and oxygen atoms in total. The summed E-state index contributed by atoms with van der Waals surface area (Å²) >= 11 is 0. The largest absolute Gasteiger partial charge is 0.352 e. The second kappa shape index (κ2) is 6.90. The van der Waals surface area contributed by atoms with Gasteiger partial charge < -0.3 is 5.32 Å². The van der Waals surface area contributed by atoms with E-state index in [-0.39, 0.29) is 5.91 Å². The average molecular weight is 267 g/mol. The van der Waals surface area contributed by atoms with Gasteiger partial charge in [-0.3, -0.25) is 4.79 Å². The third-order valence-corrected chi connectivity index (χ3v) is 3.17. The maximum Gasteiger partial charge on any atom is 0.251 e. The molecule has 0 fully saturated rings. The molecular weight excluding hydrogens is 246 g/mol. The van der Waals surface area contributed by atoms with Gasteiger partial charge in [0.1, 0.15) is 0 Å². The third-order valence-electron chi connectivity index (χ3n) is 3.17. The van der Waals surface area contributed by atoms with Gasteiger partial charge in [0.05, 0.1) is 0 Å². The van der Waals surface area contributed by atoms with E-state index in [4.69, 9.17) is 0 Å². The van der Waals surface area contributed by atoms with Crippen LogP contribution in [0.3, 0.4) is 0 Å². The Kier molecular flexibility index (Phi) is 4.94. The zero-order chi connectivity index (χ0) is 14.4. The van der Waals surface area contributed by atoms with Gasteiger partial charge in [-0.15, -0.1) is 0 Å². The molecule has 1 N–H and O–H groups in total. The smallest absolute Gasteiger partial charge is 0.251 e. The molecule has 0 aliphatic rings. The van der Waals surface area contributed by atoms with Crippen molar-refractivity contribution in [1.29, 1.82) is 0 Å². The molecule has 104 valence electrons. The van der Waals surface area contributed by atoms with Crippen LogP contribution in [0, 0.1) is 5.92 Å². The van der Waals surface area contributed by atoms with Crippen LogP contribution >= 0.6 is 0 Å². The lowest BCUT2D eigenvalue weighted by atomic mass is 9.99. The molecule has 2 aromatic rings. The van der Waals surface area contributed by atoms with E-state index in [9.17, 15) is 4.79 Å². The number of carbonyl (C=O) groups excluding carboxylic acids is 1. The molecule has 0 atom stereocenters. The Balaban J connectivity index is 2.16. The predicted molar refractivity (Wildman–Crippen MR) is 82.9 cm³/mol. The van der Waals surface area contributed by atoms with Crippen LogP contribution in [0.1, 0.15) is 35.3 Å². The van der Waals surface area contributed by atoms with Crippen LogP contribution in [-0.2, 0) is 6.42 Å². The summed E-state index contributed by atoms with van der Waals surface area (Å²) in [5.74, 6) is 0.477. The van der Waals surface area contributed by atoms with E-state index in [1.54, 1.807) is 0 Å². The summed E-state index contributed by atoms with van der Waals surface area (Å²) in [6.45, 7) is 4.89. The van der Waals surface area contributed by atoms with Crippen molar-refractivity contribution >= 4 is 5.91 Å². The Morgan fingerprint density at radius 2 is 1.65 bits per heavy atom. The minimum atomic E-state index is 0.0187. The Bertz CT molecular complexity index is 561. The number of hydrogen-bond acceptors (Lipinski definition) is 1. The fourth-order valence-electron chi connectivity index (χ4n) is 2.10. The quantitative estimate of drug-likeness (QED) is 0.880. The van der Waals surface area contributed by atoms with Crippen molar-refractivity contribution in [3.63, 3.8) is 0 Å². The molecule has 0 aliphatic carbocycles.